The molecule has 0 bridgehead atoms. The second-order valence-corrected chi connectivity index (χ2v) is 5.07. The maximum atomic E-state index is 12.6. The molecule has 1 aromatic carbocycles. The molecule has 0 aliphatic heterocycles. The third kappa shape index (κ3) is 4.63. The lowest BCUT2D eigenvalue weighted by Crippen LogP contribution is -2.06. The van der Waals surface area contributed by atoms with Gasteiger partial charge in [-0.15, -0.1) is 5.10 Å². The molecule has 6 nitrogen and oxygen atoms in total. The molecule has 0 aliphatic carbocycles. The quantitative estimate of drug-likeness (QED) is 0.735. The maximum absolute atomic E-state index is 12.6. The summed E-state index contributed by atoms with van der Waals surface area (Å²) in [5.74, 6) is 0.667. The van der Waals surface area contributed by atoms with Gasteiger partial charge >= 0.3 is 6.18 Å². The van der Waals surface area contributed by atoms with Crippen molar-refractivity contribution in [2.45, 2.75) is 12.7 Å². The van der Waals surface area contributed by atoms with Gasteiger partial charge in [0.25, 0.3) is 0 Å². The highest BCUT2D eigenvalue weighted by Gasteiger charge is 2.29. The largest absolute Gasteiger partial charge is 0.416 e. The Labute approximate surface area is 141 Å². The molecule has 25 heavy (non-hydrogen) atoms. The number of aromatic nitrogens is 4. The van der Waals surface area contributed by atoms with Crippen LogP contribution in [0.3, 0.4) is 0 Å². The maximum Gasteiger partial charge on any atom is 0.416 e. The molecule has 0 atom stereocenters. The van der Waals surface area contributed by atoms with Gasteiger partial charge in [-0.1, -0.05) is 0 Å². The van der Waals surface area contributed by atoms with Crippen molar-refractivity contribution in [1.29, 1.82) is 0 Å². The van der Waals surface area contributed by atoms with Crippen molar-refractivity contribution < 1.29 is 13.2 Å². The summed E-state index contributed by atoms with van der Waals surface area (Å²) in [5, 5.41) is 13.5. The fraction of sp³-hybridized carbons (Fsp3) is 0.125. The Hall–Kier alpha value is -3.23. The minimum absolute atomic E-state index is 0.180. The van der Waals surface area contributed by atoms with Crippen LogP contribution in [0.2, 0.25) is 0 Å². The molecule has 0 spiro atoms. The number of benzene rings is 1. The number of hydrogen-bond donors (Lipinski definition) is 2. The van der Waals surface area contributed by atoms with E-state index in [0.29, 0.717) is 18.1 Å². The molecule has 0 unspecified atom stereocenters. The highest BCUT2D eigenvalue weighted by atomic mass is 19.4. The molecule has 2 aromatic heterocycles. The third-order valence-corrected chi connectivity index (χ3v) is 3.25. The normalized spacial score (nSPS) is 11.2. The van der Waals surface area contributed by atoms with E-state index in [-0.39, 0.29) is 5.95 Å². The van der Waals surface area contributed by atoms with Crippen LogP contribution in [0.15, 0.2) is 55.0 Å². The number of nitrogens with zero attached hydrogens (tertiary/aromatic N) is 4. The number of pyridine rings is 1. The summed E-state index contributed by atoms with van der Waals surface area (Å²) in [6.45, 7) is 0.529. The summed E-state index contributed by atoms with van der Waals surface area (Å²) in [7, 11) is 0. The predicted molar refractivity (Wildman–Crippen MR) is 86.1 cm³/mol. The van der Waals surface area contributed by atoms with Crippen molar-refractivity contribution in [3.63, 3.8) is 0 Å². The summed E-state index contributed by atoms with van der Waals surface area (Å²) in [5.41, 5.74) is 0.733. The van der Waals surface area contributed by atoms with Crippen LogP contribution >= 0.6 is 0 Å². The molecule has 0 saturated heterocycles. The molecule has 0 fully saturated rings. The molecule has 0 radical (unpaired) electrons. The Kier molecular flexibility index (Phi) is 4.73. The van der Waals surface area contributed by atoms with Gasteiger partial charge in [0, 0.05) is 24.6 Å². The molecule has 9 heteroatoms. The van der Waals surface area contributed by atoms with E-state index < -0.39 is 11.7 Å². The molecule has 0 aliphatic rings. The van der Waals surface area contributed by atoms with E-state index in [1.54, 1.807) is 12.4 Å². The average Bonchev–Trinajstić information content (AvgIpc) is 2.61. The lowest BCUT2D eigenvalue weighted by atomic mass is 10.2. The van der Waals surface area contributed by atoms with Crippen molar-refractivity contribution in [1.82, 2.24) is 20.2 Å². The van der Waals surface area contributed by atoms with Gasteiger partial charge in [0.15, 0.2) is 5.82 Å². The van der Waals surface area contributed by atoms with E-state index in [9.17, 15) is 13.2 Å². The first kappa shape index (κ1) is 16.6. The standard InChI is InChI=1S/C16H13F3N6/c17-16(18,19)12-1-3-13(4-2-12)23-15-24-14(10-22-25-15)21-9-11-5-7-20-8-6-11/h1-8,10H,9H2,(H2,21,23,24,25). The van der Waals surface area contributed by atoms with E-state index in [1.807, 2.05) is 12.1 Å². The smallest absolute Gasteiger partial charge is 0.365 e. The lowest BCUT2D eigenvalue weighted by molar-refractivity contribution is -0.137. The Morgan fingerprint density at radius 1 is 0.960 bits per heavy atom. The zero-order chi connectivity index (χ0) is 17.7. The molecule has 0 saturated carbocycles. The summed E-state index contributed by atoms with van der Waals surface area (Å²) in [6, 6.07) is 8.32. The molecule has 3 rings (SSSR count). The zero-order valence-corrected chi connectivity index (χ0v) is 12.8. The van der Waals surface area contributed by atoms with Gasteiger partial charge in [0.05, 0.1) is 11.8 Å². The SMILES string of the molecule is FC(F)(F)c1ccc(Nc2nncc(NCc3ccncc3)n2)cc1. The molecule has 128 valence electrons. The Balaban J connectivity index is 1.65. The molecule has 0 amide bonds. The number of rotatable bonds is 5. The minimum Gasteiger partial charge on any atom is -0.365 e. The van der Waals surface area contributed by atoms with Crippen LogP contribution in [0.25, 0.3) is 0 Å². The van der Waals surface area contributed by atoms with Crippen LogP contribution in [0, 0.1) is 0 Å². The first-order valence-electron chi connectivity index (χ1n) is 7.27. The second-order valence-electron chi connectivity index (χ2n) is 5.07. The van der Waals surface area contributed by atoms with Crippen LogP contribution in [-0.4, -0.2) is 20.2 Å². The monoisotopic (exact) mass is 346 g/mol. The highest BCUT2D eigenvalue weighted by Crippen LogP contribution is 2.30. The van der Waals surface area contributed by atoms with E-state index in [1.165, 1.54) is 18.3 Å². The number of hydrogen-bond acceptors (Lipinski definition) is 6. The minimum atomic E-state index is -4.37. The van der Waals surface area contributed by atoms with Crippen LogP contribution in [0.5, 0.6) is 0 Å². The van der Waals surface area contributed by atoms with Crippen LogP contribution in [0.1, 0.15) is 11.1 Å². The summed E-state index contributed by atoms with van der Waals surface area (Å²) in [4.78, 5) is 8.16. The fourth-order valence-corrected chi connectivity index (χ4v) is 2.01. The van der Waals surface area contributed by atoms with E-state index in [4.69, 9.17) is 0 Å². The van der Waals surface area contributed by atoms with Gasteiger partial charge in [-0.05, 0) is 42.0 Å². The van der Waals surface area contributed by atoms with Crippen molar-refractivity contribution in [3.05, 3.63) is 66.1 Å². The van der Waals surface area contributed by atoms with Gasteiger partial charge in [0.1, 0.15) is 0 Å². The predicted octanol–water partition coefficient (Wildman–Crippen LogP) is 3.64. The summed E-state index contributed by atoms with van der Waals surface area (Å²) < 4.78 is 37.7. The number of anilines is 3. The Bertz CT molecular complexity index is 821. The molecule has 2 N–H and O–H groups in total. The first-order valence-corrected chi connectivity index (χ1v) is 7.27. The molecular formula is C16H13F3N6. The van der Waals surface area contributed by atoms with Crippen LogP contribution < -0.4 is 10.6 Å². The molecule has 2 heterocycles. The van der Waals surface area contributed by atoms with E-state index in [2.05, 4.69) is 30.8 Å². The molecule has 3 aromatic rings. The van der Waals surface area contributed by atoms with Crippen molar-refractivity contribution in [3.8, 4) is 0 Å². The van der Waals surface area contributed by atoms with Gasteiger partial charge in [-0.3, -0.25) is 4.98 Å². The summed E-state index contributed by atoms with van der Waals surface area (Å²) in [6.07, 6.45) is 0.464. The van der Waals surface area contributed by atoms with Gasteiger partial charge in [-0.2, -0.15) is 23.3 Å². The molecular weight excluding hydrogens is 333 g/mol. The second kappa shape index (κ2) is 7.12. The zero-order valence-electron chi connectivity index (χ0n) is 12.8. The lowest BCUT2D eigenvalue weighted by Gasteiger charge is -2.09. The fourth-order valence-electron chi connectivity index (χ4n) is 2.01. The topological polar surface area (TPSA) is 75.6 Å². The number of alkyl halides is 3. The van der Waals surface area contributed by atoms with Gasteiger partial charge < -0.3 is 10.6 Å². The third-order valence-electron chi connectivity index (χ3n) is 3.25. The Morgan fingerprint density at radius 2 is 1.68 bits per heavy atom. The van der Waals surface area contributed by atoms with Crippen LogP contribution in [0.4, 0.5) is 30.6 Å². The van der Waals surface area contributed by atoms with Gasteiger partial charge in [0.2, 0.25) is 5.95 Å². The van der Waals surface area contributed by atoms with Crippen molar-refractivity contribution in [2.24, 2.45) is 0 Å². The van der Waals surface area contributed by atoms with Crippen molar-refractivity contribution in [2.75, 3.05) is 10.6 Å². The first-order chi connectivity index (χ1) is 12.0. The highest BCUT2D eigenvalue weighted by molar-refractivity contribution is 5.54. The summed E-state index contributed by atoms with van der Waals surface area (Å²) >= 11 is 0. The van der Waals surface area contributed by atoms with E-state index >= 15 is 0 Å². The number of halogens is 3. The Morgan fingerprint density at radius 3 is 2.36 bits per heavy atom. The van der Waals surface area contributed by atoms with E-state index in [0.717, 1.165) is 17.7 Å². The number of nitrogens with one attached hydrogen (secondary N) is 2. The van der Waals surface area contributed by atoms with Gasteiger partial charge in [-0.25, -0.2) is 0 Å². The van der Waals surface area contributed by atoms with Crippen LogP contribution in [-0.2, 0) is 12.7 Å². The van der Waals surface area contributed by atoms with Crippen molar-refractivity contribution >= 4 is 17.5 Å². The average molecular weight is 346 g/mol.